The number of para-hydroxylation sites is 1. The van der Waals surface area contributed by atoms with Crippen molar-refractivity contribution in [2.24, 2.45) is 0 Å². The SMILES string of the molecule is CC[C@@H](NC1=C(Nc2csc(S(=O)(=O)N(CC)CC)c2O)C(=O)N(c2ccccc2)C1=O)c1ccc(C)o1. The second-order valence-electron chi connectivity index (χ2n) is 8.58. The quantitative estimate of drug-likeness (QED) is 0.297. The van der Waals surface area contributed by atoms with Gasteiger partial charge in [-0.15, -0.1) is 11.3 Å². The maximum Gasteiger partial charge on any atom is 0.284 e. The number of furan rings is 1. The van der Waals surface area contributed by atoms with Gasteiger partial charge in [0.25, 0.3) is 21.8 Å². The normalized spacial score (nSPS) is 15.0. The van der Waals surface area contributed by atoms with E-state index >= 15 is 0 Å². The number of carbonyl (C=O) groups is 2. The Hall–Kier alpha value is -3.61. The second kappa shape index (κ2) is 11.0. The van der Waals surface area contributed by atoms with Crippen LogP contribution in [0.1, 0.15) is 44.8 Å². The first-order chi connectivity index (χ1) is 18.1. The number of aromatic hydroxyl groups is 1. The molecule has 0 fully saturated rings. The molecule has 0 bridgehead atoms. The summed E-state index contributed by atoms with van der Waals surface area (Å²) < 4.78 is 32.8. The van der Waals surface area contributed by atoms with E-state index in [1.165, 1.54) is 9.69 Å². The summed E-state index contributed by atoms with van der Waals surface area (Å²) in [6, 6.07) is 11.7. The van der Waals surface area contributed by atoms with Gasteiger partial charge in [0.1, 0.15) is 22.9 Å². The Morgan fingerprint density at radius 1 is 1.03 bits per heavy atom. The number of carbonyl (C=O) groups excluding carboxylic acids is 2. The molecule has 0 saturated heterocycles. The van der Waals surface area contributed by atoms with Crippen LogP contribution >= 0.6 is 11.3 Å². The van der Waals surface area contributed by atoms with Crippen LogP contribution in [0.15, 0.2) is 67.9 Å². The molecule has 2 amide bonds. The lowest BCUT2D eigenvalue weighted by Crippen LogP contribution is -2.34. The number of amides is 2. The number of rotatable bonds is 11. The van der Waals surface area contributed by atoms with E-state index in [1.54, 1.807) is 50.2 Å². The van der Waals surface area contributed by atoms with Gasteiger partial charge in [-0.2, -0.15) is 4.31 Å². The topological polar surface area (TPSA) is 132 Å². The zero-order valence-corrected chi connectivity index (χ0v) is 23.1. The summed E-state index contributed by atoms with van der Waals surface area (Å²) >= 11 is 0.834. The molecule has 1 atom stereocenters. The molecule has 3 N–H and O–H groups in total. The van der Waals surface area contributed by atoms with Crippen LogP contribution in [0.2, 0.25) is 0 Å². The maximum absolute atomic E-state index is 13.6. The van der Waals surface area contributed by atoms with Gasteiger partial charge in [-0.1, -0.05) is 39.0 Å². The van der Waals surface area contributed by atoms with Crippen LogP contribution in [-0.4, -0.2) is 42.7 Å². The highest BCUT2D eigenvalue weighted by Gasteiger charge is 2.41. The minimum absolute atomic E-state index is 0.00739. The van der Waals surface area contributed by atoms with Crippen LogP contribution < -0.4 is 15.5 Å². The van der Waals surface area contributed by atoms with Crippen molar-refractivity contribution in [1.82, 2.24) is 9.62 Å². The summed E-state index contributed by atoms with van der Waals surface area (Å²) in [7, 11) is -3.94. The second-order valence-corrected chi connectivity index (χ2v) is 11.6. The summed E-state index contributed by atoms with van der Waals surface area (Å²) in [5.74, 6) is -0.441. The summed E-state index contributed by atoms with van der Waals surface area (Å²) in [5, 5.41) is 18.3. The third-order valence-corrected chi connectivity index (χ3v) is 9.74. The molecule has 0 saturated carbocycles. The third kappa shape index (κ3) is 4.94. The third-order valence-electron chi connectivity index (χ3n) is 6.20. The smallest absolute Gasteiger partial charge is 0.284 e. The van der Waals surface area contributed by atoms with Gasteiger partial charge in [-0.05, 0) is 37.6 Å². The zero-order chi connectivity index (χ0) is 27.6. The van der Waals surface area contributed by atoms with Crippen LogP contribution in [0.25, 0.3) is 0 Å². The van der Waals surface area contributed by atoms with Gasteiger partial charge >= 0.3 is 0 Å². The fourth-order valence-electron chi connectivity index (χ4n) is 4.20. The first kappa shape index (κ1) is 27.4. The van der Waals surface area contributed by atoms with Gasteiger partial charge in [0, 0.05) is 18.5 Å². The number of hydrogen-bond donors (Lipinski definition) is 3. The van der Waals surface area contributed by atoms with Crippen molar-refractivity contribution in [3.63, 3.8) is 0 Å². The predicted octanol–water partition coefficient (Wildman–Crippen LogP) is 4.32. The lowest BCUT2D eigenvalue weighted by molar-refractivity contribution is -0.120. The van der Waals surface area contributed by atoms with Crippen LogP contribution in [0.3, 0.4) is 0 Å². The molecule has 38 heavy (non-hydrogen) atoms. The molecule has 0 aliphatic carbocycles. The van der Waals surface area contributed by atoms with E-state index in [9.17, 15) is 23.1 Å². The van der Waals surface area contributed by atoms with Crippen LogP contribution in [0.4, 0.5) is 11.4 Å². The molecule has 0 unspecified atom stereocenters. The number of aryl methyl sites for hydroxylation is 1. The monoisotopic (exact) mass is 558 g/mol. The standard InChI is InChI=1S/C26H30N4O6S2/c1-5-18(20-14-13-16(4)36-20)27-21-22(25(33)30(24(21)32)17-11-9-8-10-12-17)28-19-15-37-26(23(19)31)38(34,35)29(6-2)7-3/h8-15,18,27-28,31H,5-7H2,1-4H3/t18-/m1/s1. The molecule has 10 nitrogen and oxygen atoms in total. The number of thiophene rings is 1. The fraction of sp³-hybridized carbons (Fsp3) is 0.308. The lowest BCUT2D eigenvalue weighted by Gasteiger charge is -2.18. The Kier molecular flexibility index (Phi) is 7.95. The zero-order valence-electron chi connectivity index (χ0n) is 21.5. The molecule has 1 aromatic carbocycles. The van der Waals surface area contributed by atoms with Gasteiger partial charge in [0.05, 0.1) is 17.4 Å². The highest BCUT2D eigenvalue weighted by molar-refractivity contribution is 7.91. The molecule has 2 aromatic heterocycles. The van der Waals surface area contributed by atoms with E-state index in [0.717, 1.165) is 16.2 Å². The van der Waals surface area contributed by atoms with Gasteiger partial charge in [0.2, 0.25) is 0 Å². The number of anilines is 2. The van der Waals surface area contributed by atoms with Gasteiger partial charge < -0.3 is 20.2 Å². The Labute approximate surface area is 225 Å². The highest BCUT2D eigenvalue weighted by atomic mass is 32.2. The molecule has 1 aliphatic rings. The number of nitrogens with zero attached hydrogens (tertiary/aromatic N) is 2. The first-order valence-electron chi connectivity index (χ1n) is 12.2. The van der Waals surface area contributed by atoms with Crippen molar-refractivity contribution in [2.75, 3.05) is 23.3 Å². The van der Waals surface area contributed by atoms with E-state index in [4.69, 9.17) is 4.42 Å². The molecule has 12 heteroatoms. The molecule has 3 aromatic rings. The summed E-state index contributed by atoms with van der Waals surface area (Å²) in [5.41, 5.74) is 0.256. The van der Waals surface area contributed by atoms with Crippen molar-refractivity contribution < 1.29 is 27.5 Å². The summed E-state index contributed by atoms with van der Waals surface area (Å²) in [4.78, 5) is 28.2. The van der Waals surface area contributed by atoms with Crippen LogP contribution in [0.5, 0.6) is 5.75 Å². The minimum atomic E-state index is -3.94. The number of sulfonamides is 1. The van der Waals surface area contributed by atoms with Crippen molar-refractivity contribution in [3.05, 3.63) is 70.8 Å². The lowest BCUT2D eigenvalue weighted by atomic mass is 10.1. The molecular weight excluding hydrogens is 528 g/mol. The first-order valence-corrected chi connectivity index (χ1v) is 14.5. The van der Waals surface area contributed by atoms with E-state index in [-0.39, 0.29) is 34.4 Å². The van der Waals surface area contributed by atoms with E-state index in [0.29, 0.717) is 23.6 Å². The summed E-state index contributed by atoms with van der Waals surface area (Å²) in [6.45, 7) is 7.61. The van der Waals surface area contributed by atoms with E-state index in [1.807, 2.05) is 19.9 Å². The molecule has 202 valence electrons. The van der Waals surface area contributed by atoms with Crippen molar-refractivity contribution >= 4 is 44.5 Å². The van der Waals surface area contributed by atoms with Crippen molar-refractivity contribution in [1.29, 1.82) is 0 Å². The van der Waals surface area contributed by atoms with Crippen molar-refractivity contribution in [3.8, 4) is 5.75 Å². The molecule has 4 rings (SSSR count). The fourth-order valence-corrected chi connectivity index (χ4v) is 7.03. The Bertz CT molecular complexity index is 1470. The highest BCUT2D eigenvalue weighted by Crippen LogP contribution is 2.41. The van der Waals surface area contributed by atoms with Gasteiger partial charge in [-0.3, -0.25) is 9.59 Å². The largest absolute Gasteiger partial charge is 0.504 e. The van der Waals surface area contributed by atoms with Gasteiger partial charge in [0.15, 0.2) is 9.96 Å². The minimum Gasteiger partial charge on any atom is -0.504 e. The van der Waals surface area contributed by atoms with Crippen LogP contribution in [0, 0.1) is 6.92 Å². The molecule has 0 spiro atoms. The van der Waals surface area contributed by atoms with Crippen molar-refractivity contribution in [2.45, 2.75) is 44.4 Å². The Morgan fingerprint density at radius 2 is 1.68 bits per heavy atom. The molecule has 3 heterocycles. The number of benzene rings is 1. The number of imide groups is 1. The summed E-state index contributed by atoms with van der Waals surface area (Å²) in [6.07, 6.45) is 0.548. The van der Waals surface area contributed by atoms with E-state index < -0.39 is 33.6 Å². The Balaban J connectivity index is 1.75. The molecule has 1 aliphatic heterocycles. The maximum atomic E-state index is 13.6. The van der Waals surface area contributed by atoms with Gasteiger partial charge in [-0.25, -0.2) is 13.3 Å². The molecular formula is C26H30N4O6S2. The average Bonchev–Trinajstić information content (AvgIpc) is 3.56. The molecule has 0 radical (unpaired) electrons. The number of hydrogen-bond acceptors (Lipinski definition) is 9. The van der Waals surface area contributed by atoms with Crippen LogP contribution in [-0.2, 0) is 19.6 Å². The average molecular weight is 559 g/mol. The Morgan fingerprint density at radius 3 is 2.26 bits per heavy atom. The number of nitrogens with one attached hydrogen (secondary N) is 2. The van der Waals surface area contributed by atoms with E-state index in [2.05, 4.69) is 10.6 Å². The predicted molar refractivity (Wildman–Crippen MR) is 145 cm³/mol.